The van der Waals surface area contributed by atoms with Crippen molar-refractivity contribution in [3.63, 3.8) is 0 Å². The standard InChI is InChI=1S/C18H18ClNO/c1-11-6-4-7-12(2)16(11)17(20-3)15-10-13-8-5-9-14(19)18(13)21-15/h4-10,17,20H,1-3H3. The van der Waals surface area contributed by atoms with E-state index in [0.717, 1.165) is 16.7 Å². The molecule has 0 saturated heterocycles. The van der Waals surface area contributed by atoms with Crippen molar-refractivity contribution in [3.8, 4) is 0 Å². The number of hydrogen-bond acceptors (Lipinski definition) is 2. The van der Waals surface area contributed by atoms with Gasteiger partial charge in [0, 0.05) is 5.39 Å². The lowest BCUT2D eigenvalue weighted by Gasteiger charge is -2.19. The molecule has 2 nitrogen and oxygen atoms in total. The zero-order valence-corrected chi connectivity index (χ0v) is 13.2. The molecule has 3 rings (SSSR count). The van der Waals surface area contributed by atoms with Gasteiger partial charge in [0.05, 0.1) is 11.1 Å². The van der Waals surface area contributed by atoms with E-state index in [9.17, 15) is 0 Å². The number of aryl methyl sites for hydroxylation is 2. The average molecular weight is 300 g/mol. The van der Waals surface area contributed by atoms with Gasteiger partial charge in [0.15, 0.2) is 5.58 Å². The average Bonchev–Trinajstić information content (AvgIpc) is 2.88. The van der Waals surface area contributed by atoms with Crippen LogP contribution in [0.5, 0.6) is 0 Å². The third-order valence-corrected chi connectivity index (χ3v) is 4.22. The summed E-state index contributed by atoms with van der Waals surface area (Å²) in [6.45, 7) is 4.25. The lowest BCUT2D eigenvalue weighted by molar-refractivity contribution is 0.489. The van der Waals surface area contributed by atoms with Gasteiger partial charge in [0.2, 0.25) is 0 Å². The highest BCUT2D eigenvalue weighted by Crippen LogP contribution is 2.33. The maximum Gasteiger partial charge on any atom is 0.152 e. The summed E-state index contributed by atoms with van der Waals surface area (Å²) in [4.78, 5) is 0. The van der Waals surface area contributed by atoms with Gasteiger partial charge in [0.1, 0.15) is 5.76 Å². The molecule has 2 aromatic carbocycles. The second-order valence-electron chi connectivity index (χ2n) is 5.33. The second kappa shape index (κ2) is 5.55. The molecule has 0 saturated carbocycles. The molecule has 0 bridgehead atoms. The molecular formula is C18H18ClNO. The maximum absolute atomic E-state index is 6.21. The molecule has 0 aliphatic rings. The number of fused-ring (bicyclic) bond motifs is 1. The summed E-state index contributed by atoms with van der Waals surface area (Å²) in [6, 6.07) is 14.2. The molecular weight excluding hydrogens is 282 g/mol. The van der Waals surface area contributed by atoms with Crippen LogP contribution in [0, 0.1) is 13.8 Å². The first-order valence-corrected chi connectivity index (χ1v) is 7.41. The topological polar surface area (TPSA) is 25.2 Å². The predicted octanol–water partition coefficient (Wildman–Crippen LogP) is 5.01. The van der Waals surface area contributed by atoms with E-state index >= 15 is 0 Å². The van der Waals surface area contributed by atoms with E-state index in [2.05, 4.69) is 43.4 Å². The van der Waals surface area contributed by atoms with Gasteiger partial charge in [0.25, 0.3) is 0 Å². The fourth-order valence-corrected chi connectivity index (χ4v) is 3.12. The fraction of sp³-hybridized carbons (Fsp3) is 0.222. The Balaban J connectivity index is 2.16. The van der Waals surface area contributed by atoms with Crippen LogP contribution in [0.15, 0.2) is 46.9 Å². The van der Waals surface area contributed by atoms with Gasteiger partial charge in [-0.1, -0.05) is 41.9 Å². The number of hydrogen-bond donors (Lipinski definition) is 1. The Labute approximate surface area is 129 Å². The lowest BCUT2D eigenvalue weighted by Crippen LogP contribution is -2.19. The van der Waals surface area contributed by atoms with Crippen LogP contribution in [0.4, 0.5) is 0 Å². The van der Waals surface area contributed by atoms with Crippen LogP contribution in [-0.4, -0.2) is 7.05 Å². The normalized spacial score (nSPS) is 12.8. The smallest absolute Gasteiger partial charge is 0.152 e. The highest BCUT2D eigenvalue weighted by molar-refractivity contribution is 6.34. The Morgan fingerprint density at radius 3 is 2.33 bits per heavy atom. The van der Waals surface area contributed by atoms with Gasteiger partial charge in [-0.15, -0.1) is 0 Å². The minimum atomic E-state index is 0.0228. The summed E-state index contributed by atoms with van der Waals surface area (Å²) in [5.41, 5.74) is 4.51. The molecule has 21 heavy (non-hydrogen) atoms. The van der Waals surface area contributed by atoms with Crippen LogP contribution in [0.3, 0.4) is 0 Å². The summed E-state index contributed by atoms with van der Waals surface area (Å²) in [7, 11) is 1.95. The second-order valence-corrected chi connectivity index (χ2v) is 5.74. The minimum Gasteiger partial charge on any atom is -0.457 e. The molecule has 3 heteroatoms. The largest absolute Gasteiger partial charge is 0.457 e. The van der Waals surface area contributed by atoms with E-state index in [1.54, 1.807) is 0 Å². The number of nitrogens with one attached hydrogen (secondary N) is 1. The predicted molar refractivity (Wildman–Crippen MR) is 88.0 cm³/mol. The maximum atomic E-state index is 6.21. The molecule has 3 aromatic rings. The molecule has 1 unspecified atom stereocenters. The molecule has 108 valence electrons. The third-order valence-electron chi connectivity index (χ3n) is 3.92. The van der Waals surface area contributed by atoms with Crippen molar-refractivity contribution in [1.82, 2.24) is 5.32 Å². The van der Waals surface area contributed by atoms with Crippen LogP contribution in [0.2, 0.25) is 5.02 Å². The quantitative estimate of drug-likeness (QED) is 0.735. The zero-order chi connectivity index (χ0) is 15.0. The summed E-state index contributed by atoms with van der Waals surface area (Å²) in [5, 5.41) is 5.04. The molecule has 0 amide bonds. The number of para-hydroxylation sites is 1. The molecule has 0 radical (unpaired) electrons. The van der Waals surface area contributed by atoms with E-state index in [1.807, 2.05) is 25.2 Å². The van der Waals surface area contributed by atoms with Crippen molar-refractivity contribution in [1.29, 1.82) is 0 Å². The molecule has 0 fully saturated rings. The van der Waals surface area contributed by atoms with Crippen molar-refractivity contribution in [2.24, 2.45) is 0 Å². The first kappa shape index (κ1) is 14.2. The minimum absolute atomic E-state index is 0.0228. The Hall–Kier alpha value is -1.77. The Bertz CT molecular complexity index is 771. The van der Waals surface area contributed by atoms with Crippen LogP contribution in [0.1, 0.15) is 28.5 Å². The summed E-state index contributed by atoms with van der Waals surface area (Å²) in [5.74, 6) is 0.887. The van der Waals surface area contributed by atoms with Gasteiger partial charge < -0.3 is 9.73 Å². The van der Waals surface area contributed by atoms with Crippen molar-refractivity contribution >= 4 is 22.6 Å². The zero-order valence-electron chi connectivity index (χ0n) is 12.4. The van der Waals surface area contributed by atoms with Gasteiger partial charge in [-0.05, 0) is 49.7 Å². The first-order valence-electron chi connectivity index (χ1n) is 7.03. The Morgan fingerprint density at radius 1 is 1.05 bits per heavy atom. The molecule has 1 N–H and O–H groups in total. The van der Waals surface area contributed by atoms with Crippen molar-refractivity contribution in [3.05, 3.63) is 69.9 Å². The molecule has 1 heterocycles. The summed E-state index contributed by atoms with van der Waals surface area (Å²) < 4.78 is 6.02. The monoisotopic (exact) mass is 299 g/mol. The van der Waals surface area contributed by atoms with Gasteiger partial charge in [-0.2, -0.15) is 0 Å². The van der Waals surface area contributed by atoms with Crippen molar-refractivity contribution in [2.75, 3.05) is 7.05 Å². The molecule has 1 aromatic heterocycles. The molecule has 0 spiro atoms. The fourth-order valence-electron chi connectivity index (χ4n) is 2.90. The highest BCUT2D eigenvalue weighted by Gasteiger charge is 2.20. The number of rotatable bonds is 3. The van der Waals surface area contributed by atoms with E-state index in [-0.39, 0.29) is 6.04 Å². The van der Waals surface area contributed by atoms with Gasteiger partial charge >= 0.3 is 0 Å². The number of furan rings is 1. The van der Waals surface area contributed by atoms with E-state index in [1.165, 1.54) is 16.7 Å². The van der Waals surface area contributed by atoms with Crippen LogP contribution >= 0.6 is 11.6 Å². The number of halogens is 1. The third kappa shape index (κ3) is 2.45. The molecule has 1 atom stereocenters. The Kier molecular flexibility index (Phi) is 3.75. The van der Waals surface area contributed by atoms with E-state index in [0.29, 0.717) is 5.02 Å². The van der Waals surface area contributed by atoms with E-state index in [4.69, 9.17) is 16.0 Å². The van der Waals surface area contributed by atoms with Crippen molar-refractivity contribution < 1.29 is 4.42 Å². The first-order chi connectivity index (χ1) is 10.1. The SMILES string of the molecule is CNC(c1cc2cccc(Cl)c2o1)c1c(C)cccc1C. The van der Waals surface area contributed by atoms with Gasteiger partial charge in [-0.25, -0.2) is 0 Å². The van der Waals surface area contributed by atoms with E-state index < -0.39 is 0 Å². The van der Waals surface area contributed by atoms with Crippen LogP contribution in [-0.2, 0) is 0 Å². The van der Waals surface area contributed by atoms with Gasteiger partial charge in [-0.3, -0.25) is 0 Å². The number of benzene rings is 2. The van der Waals surface area contributed by atoms with Crippen molar-refractivity contribution in [2.45, 2.75) is 19.9 Å². The molecule has 0 aliphatic heterocycles. The Morgan fingerprint density at radius 2 is 1.71 bits per heavy atom. The lowest BCUT2D eigenvalue weighted by atomic mass is 9.94. The highest BCUT2D eigenvalue weighted by atomic mass is 35.5. The van der Waals surface area contributed by atoms with Crippen LogP contribution < -0.4 is 5.32 Å². The summed E-state index contributed by atoms with van der Waals surface area (Å²) in [6.07, 6.45) is 0. The molecule has 0 aliphatic carbocycles. The van der Waals surface area contributed by atoms with Crippen LogP contribution in [0.25, 0.3) is 11.0 Å². The summed E-state index contributed by atoms with van der Waals surface area (Å²) >= 11 is 6.21.